The first kappa shape index (κ1) is 20.3. The Morgan fingerprint density at radius 3 is 2.97 bits per heavy atom. The van der Waals surface area contributed by atoms with Crippen molar-refractivity contribution in [1.82, 2.24) is 9.62 Å². The van der Waals surface area contributed by atoms with E-state index in [0.29, 0.717) is 31.2 Å². The molecule has 1 aromatic carbocycles. The van der Waals surface area contributed by atoms with E-state index in [2.05, 4.69) is 5.32 Å². The number of benzene rings is 1. The monoisotopic (exact) mass is 432 g/mol. The Bertz CT molecular complexity index is 931. The molecular weight excluding hydrogens is 400 g/mol. The minimum Gasteiger partial charge on any atom is -0.497 e. The highest BCUT2D eigenvalue weighted by Crippen LogP contribution is 2.60. The second-order valence-corrected chi connectivity index (χ2v) is 11.9. The molecular formula is C23H32N2O4S. The smallest absolute Gasteiger partial charge is 0.243 e. The predicted molar refractivity (Wildman–Crippen MR) is 114 cm³/mol. The molecule has 1 amide bonds. The topological polar surface area (TPSA) is 75.7 Å². The van der Waals surface area contributed by atoms with Gasteiger partial charge in [0, 0.05) is 31.1 Å². The largest absolute Gasteiger partial charge is 0.497 e. The van der Waals surface area contributed by atoms with Gasteiger partial charge in [-0.15, -0.1) is 0 Å². The van der Waals surface area contributed by atoms with E-state index >= 15 is 0 Å². The van der Waals surface area contributed by atoms with Gasteiger partial charge in [0.2, 0.25) is 15.9 Å². The van der Waals surface area contributed by atoms with Crippen LogP contribution in [0.3, 0.4) is 0 Å². The highest BCUT2D eigenvalue weighted by molar-refractivity contribution is 7.89. The first-order valence-corrected chi connectivity index (χ1v) is 12.8. The van der Waals surface area contributed by atoms with Gasteiger partial charge < -0.3 is 10.1 Å². The molecule has 1 heterocycles. The number of rotatable bonds is 6. The number of hydrogen-bond acceptors (Lipinski definition) is 4. The maximum atomic E-state index is 13.0. The number of fused-ring (bicyclic) bond motifs is 1. The predicted octanol–water partition coefficient (Wildman–Crippen LogP) is 3.18. The van der Waals surface area contributed by atoms with Crippen LogP contribution in [0.25, 0.3) is 0 Å². The quantitative estimate of drug-likeness (QED) is 0.749. The molecule has 30 heavy (non-hydrogen) atoms. The molecule has 5 unspecified atom stereocenters. The first-order valence-electron chi connectivity index (χ1n) is 11.3. The van der Waals surface area contributed by atoms with Crippen molar-refractivity contribution < 1.29 is 17.9 Å². The number of ether oxygens (including phenoxy) is 1. The van der Waals surface area contributed by atoms with Gasteiger partial charge in [-0.3, -0.25) is 4.79 Å². The van der Waals surface area contributed by atoms with Gasteiger partial charge in [0.05, 0.1) is 12.0 Å². The first-order chi connectivity index (χ1) is 14.4. The Balaban J connectivity index is 1.19. The Morgan fingerprint density at radius 2 is 2.13 bits per heavy atom. The zero-order valence-corrected chi connectivity index (χ0v) is 18.5. The fourth-order valence-corrected chi connectivity index (χ4v) is 8.30. The van der Waals surface area contributed by atoms with Crippen LogP contribution < -0.4 is 10.1 Å². The van der Waals surface area contributed by atoms with E-state index in [1.165, 1.54) is 37.1 Å². The zero-order valence-electron chi connectivity index (χ0n) is 17.7. The Kier molecular flexibility index (Phi) is 5.09. The summed E-state index contributed by atoms with van der Waals surface area (Å²) in [6, 6.07) is 6.59. The third-order valence-electron chi connectivity index (χ3n) is 8.12. The lowest BCUT2D eigenvalue weighted by molar-refractivity contribution is -0.127. The van der Waals surface area contributed by atoms with E-state index in [9.17, 15) is 13.2 Å². The lowest BCUT2D eigenvalue weighted by Gasteiger charge is -2.53. The molecule has 1 N–H and O–H groups in total. The molecule has 5 atom stereocenters. The molecule has 5 rings (SSSR count). The van der Waals surface area contributed by atoms with Crippen LogP contribution in [0.1, 0.15) is 51.4 Å². The van der Waals surface area contributed by atoms with E-state index in [1.807, 2.05) is 0 Å². The molecule has 6 nitrogen and oxygen atoms in total. The molecule has 0 radical (unpaired) electrons. The van der Waals surface area contributed by atoms with Crippen LogP contribution in [0.2, 0.25) is 0 Å². The second kappa shape index (κ2) is 7.52. The Labute approximate surface area is 179 Å². The van der Waals surface area contributed by atoms with Gasteiger partial charge in [-0.2, -0.15) is 4.31 Å². The van der Waals surface area contributed by atoms with Crippen LogP contribution in [0.5, 0.6) is 5.75 Å². The minimum absolute atomic E-state index is 0.0534. The highest BCUT2D eigenvalue weighted by atomic mass is 32.2. The number of nitrogens with zero attached hydrogens (tertiary/aromatic N) is 1. The van der Waals surface area contributed by atoms with Crippen molar-refractivity contribution in [3.05, 3.63) is 24.3 Å². The van der Waals surface area contributed by atoms with E-state index in [4.69, 9.17) is 4.74 Å². The molecule has 3 aliphatic carbocycles. The molecule has 4 aliphatic rings. The maximum absolute atomic E-state index is 13.0. The van der Waals surface area contributed by atoms with Crippen molar-refractivity contribution in [3.8, 4) is 5.75 Å². The number of methoxy groups -OCH3 is 1. The van der Waals surface area contributed by atoms with Crippen molar-refractivity contribution in [2.45, 2.75) is 61.8 Å². The maximum Gasteiger partial charge on any atom is 0.243 e. The number of carbonyl (C=O) groups excluding carboxylic acids is 1. The summed E-state index contributed by atoms with van der Waals surface area (Å²) in [5.74, 6) is 3.02. The summed E-state index contributed by atoms with van der Waals surface area (Å²) in [5, 5.41) is 3.42. The zero-order chi connectivity index (χ0) is 20.9. The summed E-state index contributed by atoms with van der Waals surface area (Å²) < 4.78 is 32.7. The summed E-state index contributed by atoms with van der Waals surface area (Å²) in [6.45, 7) is 0.879. The van der Waals surface area contributed by atoms with Gasteiger partial charge in [0.1, 0.15) is 5.75 Å². The number of amides is 1. The fraction of sp³-hybridized carbons (Fsp3) is 0.696. The standard InChI is InChI=1S/C23H32N2O4S/c1-29-19-6-3-7-20(12-19)30(27,28)25-9-8-17(15-25)11-22(26)24-23-13-16-4-2-5-18(14-23)21(23)10-16/h3,6-7,12,16-18,21H,2,4-5,8-11,13-15H2,1H3,(H,24,26). The van der Waals surface area contributed by atoms with E-state index in [0.717, 1.165) is 31.1 Å². The minimum atomic E-state index is -3.56. The Morgan fingerprint density at radius 1 is 1.27 bits per heavy atom. The van der Waals surface area contributed by atoms with Crippen LogP contribution in [0, 0.1) is 23.7 Å². The third-order valence-corrected chi connectivity index (χ3v) is 9.98. The van der Waals surface area contributed by atoms with Gasteiger partial charge in [-0.1, -0.05) is 18.9 Å². The molecule has 0 spiro atoms. The summed E-state index contributed by atoms with van der Waals surface area (Å²) in [7, 11) is -2.03. The highest BCUT2D eigenvalue weighted by Gasteiger charge is 2.60. The van der Waals surface area contributed by atoms with Crippen molar-refractivity contribution in [1.29, 1.82) is 0 Å². The van der Waals surface area contributed by atoms with Gasteiger partial charge in [0.15, 0.2) is 0 Å². The molecule has 0 aromatic heterocycles. The summed E-state index contributed by atoms with van der Waals surface area (Å²) in [6.07, 6.45) is 8.77. The van der Waals surface area contributed by atoms with E-state index < -0.39 is 10.0 Å². The summed E-state index contributed by atoms with van der Waals surface area (Å²) in [5.41, 5.74) is 0.0534. The Hall–Kier alpha value is -1.60. The van der Waals surface area contributed by atoms with Crippen molar-refractivity contribution in [2.75, 3.05) is 20.2 Å². The number of hydrogen-bond donors (Lipinski definition) is 1. The molecule has 164 valence electrons. The van der Waals surface area contributed by atoms with Gasteiger partial charge >= 0.3 is 0 Å². The number of carbonyl (C=O) groups is 1. The van der Waals surface area contributed by atoms with Crippen LogP contribution in [0.15, 0.2) is 29.2 Å². The van der Waals surface area contributed by atoms with Crippen molar-refractivity contribution in [3.63, 3.8) is 0 Å². The average molecular weight is 433 g/mol. The fourth-order valence-electron chi connectivity index (χ4n) is 6.73. The van der Waals surface area contributed by atoms with Gasteiger partial charge in [-0.05, 0) is 67.9 Å². The van der Waals surface area contributed by atoms with Crippen LogP contribution in [0.4, 0.5) is 0 Å². The molecule has 1 aromatic rings. The normalized spacial score (nSPS) is 35.5. The third kappa shape index (κ3) is 3.44. The lowest BCUT2D eigenvalue weighted by Crippen LogP contribution is -2.62. The number of sulfonamides is 1. The number of nitrogens with one attached hydrogen (secondary N) is 1. The molecule has 7 heteroatoms. The second-order valence-electron chi connectivity index (χ2n) is 9.91. The van der Waals surface area contributed by atoms with E-state index in [1.54, 1.807) is 24.3 Å². The molecule has 3 saturated carbocycles. The van der Waals surface area contributed by atoms with E-state index in [-0.39, 0.29) is 22.3 Å². The van der Waals surface area contributed by atoms with Crippen LogP contribution in [-0.4, -0.2) is 44.4 Å². The molecule has 2 bridgehead atoms. The van der Waals surface area contributed by atoms with Crippen molar-refractivity contribution >= 4 is 15.9 Å². The van der Waals surface area contributed by atoms with Crippen LogP contribution in [-0.2, 0) is 14.8 Å². The SMILES string of the molecule is COc1cccc(S(=O)(=O)N2CCC(CC(=O)NC34CC5CCCC(C3)C4C5)C2)c1. The van der Waals surface area contributed by atoms with Crippen molar-refractivity contribution in [2.24, 2.45) is 23.7 Å². The molecule has 1 aliphatic heterocycles. The van der Waals surface area contributed by atoms with Crippen LogP contribution >= 0.6 is 0 Å². The summed E-state index contributed by atoms with van der Waals surface area (Å²) in [4.78, 5) is 13.1. The summed E-state index contributed by atoms with van der Waals surface area (Å²) >= 11 is 0. The lowest BCUT2D eigenvalue weighted by atomic mass is 9.59. The van der Waals surface area contributed by atoms with Gasteiger partial charge in [-0.25, -0.2) is 8.42 Å². The molecule has 4 fully saturated rings. The van der Waals surface area contributed by atoms with Gasteiger partial charge in [0.25, 0.3) is 0 Å². The molecule has 1 saturated heterocycles. The average Bonchev–Trinajstić information content (AvgIpc) is 3.22.